The lowest BCUT2D eigenvalue weighted by molar-refractivity contribution is -0.117. The molecule has 5 aromatic rings. The number of hydrogen-bond acceptors (Lipinski definition) is 6. The molecule has 0 atom stereocenters. The molecular weight excluding hydrogens is 476 g/mol. The summed E-state index contributed by atoms with van der Waals surface area (Å²) in [5.74, 6) is 0.697. The van der Waals surface area contributed by atoms with E-state index in [9.17, 15) is 4.79 Å². The highest BCUT2D eigenvalue weighted by Crippen LogP contribution is 2.33. The second-order valence-corrected chi connectivity index (χ2v) is 11.2. The van der Waals surface area contributed by atoms with Gasteiger partial charge in [0.15, 0.2) is 11.5 Å². The van der Waals surface area contributed by atoms with Crippen LogP contribution in [0.4, 0.5) is 11.4 Å². The van der Waals surface area contributed by atoms with E-state index in [4.69, 9.17) is 4.98 Å². The molecule has 0 aliphatic carbocycles. The summed E-state index contributed by atoms with van der Waals surface area (Å²) in [6, 6.07) is 10.3. The predicted octanol–water partition coefficient (Wildman–Crippen LogP) is 5.93. The van der Waals surface area contributed by atoms with Crippen LogP contribution in [0.25, 0.3) is 44.7 Å². The normalized spacial score (nSPS) is 14.3. The van der Waals surface area contributed by atoms with Gasteiger partial charge in [0.1, 0.15) is 11.2 Å². The standard InChI is InChI=1S/C29H32N8O/c1-29(2,3)14-24(38)32-20-12-18(15-30-17-20)19-13-21-25(35-36-27(21)31-16-19)28-33-22-8-7-9-23(26(22)34-28)37-10-5-4-6-11-37/h7-9,12-13,15-17H,4-6,10-11,14H2,1-3H3,(H,32,38)(H,33,34)(H,31,35,36). The van der Waals surface area contributed by atoms with Crippen molar-refractivity contribution in [2.75, 3.05) is 23.3 Å². The van der Waals surface area contributed by atoms with Crippen LogP contribution in [0.15, 0.2) is 48.9 Å². The summed E-state index contributed by atoms with van der Waals surface area (Å²) >= 11 is 0. The highest BCUT2D eigenvalue weighted by atomic mass is 16.1. The van der Waals surface area contributed by atoms with E-state index in [1.165, 1.54) is 24.9 Å². The fourth-order valence-electron chi connectivity index (χ4n) is 5.12. The number of nitrogens with zero attached hydrogens (tertiary/aromatic N) is 5. The fourth-order valence-corrected chi connectivity index (χ4v) is 5.12. The first-order valence-corrected chi connectivity index (χ1v) is 13.2. The van der Waals surface area contributed by atoms with Crippen molar-refractivity contribution in [3.8, 4) is 22.6 Å². The number of carbonyl (C=O) groups excluding carboxylic acids is 1. The van der Waals surface area contributed by atoms with Gasteiger partial charge in [-0.05, 0) is 48.9 Å². The van der Waals surface area contributed by atoms with Crippen LogP contribution in [0.1, 0.15) is 46.5 Å². The van der Waals surface area contributed by atoms with E-state index < -0.39 is 0 Å². The van der Waals surface area contributed by atoms with Crippen LogP contribution in [0.2, 0.25) is 0 Å². The number of aromatic amines is 2. The van der Waals surface area contributed by atoms with Gasteiger partial charge in [-0.3, -0.25) is 14.9 Å². The van der Waals surface area contributed by atoms with Gasteiger partial charge in [0.25, 0.3) is 0 Å². The predicted molar refractivity (Wildman–Crippen MR) is 151 cm³/mol. The molecule has 1 aliphatic heterocycles. The number of amides is 1. The first-order valence-electron chi connectivity index (χ1n) is 13.2. The summed E-state index contributed by atoms with van der Waals surface area (Å²) in [4.78, 5) is 32.3. The van der Waals surface area contributed by atoms with Crippen LogP contribution in [0.3, 0.4) is 0 Å². The SMILES string of the molecule is CC(C)(C)CC(=O)Nc1cncc(-c2cnc3n[nH]c(-c4nc5c(N6CCCCC6)cccc5[nH]4)c3c2)c1. The summed E-state index contributed by atoms with van der Waals surface area (Å²) in [5.41, 5.74) is 6.85. The molecule has 0 unspecified atom stereocenters. The van der Waals surface area contributed by atoms with Gasteiger partial charge in [-0.15, -0.1) is 0 Å². The third-order valence-corrected chi connectivity index (χ3v) is 6.88. The first kappa shape index (κ1) is 24.1. The smallest absolute Gasteiger partial charge is 0.224 e. The lowest BCUT2D eigenvalue weighted by Gasteiger charge is -2.28. The zero-order valence-electron chi connectivity index (χ0n) is 22.0. The van der Waals surface area contributed by atoms with Crippen LogP contribution in [0, 0.1) is 5.41 Å². The first-order chi connectivity index (χ1) is 18.3. The van der Waals surface area contributed by atoms with Gasteiger partial charge in [0.2, 0.25) is 5.91 Å². The molecule has 1 fully saturated rings. The highest BCUT2D eigenvalue weighted by molar-refractivity contribution is 5.96. The molecule has 1 saturated heterocycles. The second kappa shape index (κ2) is 9.55. The number of piperidine rings is 1. The molecule has 38 heavy (non-hydrogen) atoms. The Balaban J connectivity index is 1.33. The Bertz CT molecular complexity index is 1620. The number of anilines is 2. The molecule has 5 heterocycles. The van der Waals surface area contributed by atoms with Gasteiger partial charge >= 0.3 is 0 Å². The third-order valence-electron chi connectivity index (χ3n) is 6.88. The largest absolute Gasteiger partial charge is 0.370 e. The molecule has 0 saturated carbocycles. The Morgan fingerprint density at radius 2 is 1.87 bits per heavy atom. The van der Waals surface area contributed by atoms with Crippen molar-refractivity contribution in [2.45, 2.75) is 46.5 Å². The summed E-state index contributed by atoms with van der Waals surface area (Å²) < 4.78 is 0. The molecule has 3 N–H and O–H groups in total. The Labute approximate surface area is 221 Å². The molecule has 9 nitrogen and oxygen atoms in total. The van der Waals surface area contributed by atoms with Gasteiger partial charge in [0.05, 0.1) is 28.5 Å². The summed E-state index contributed by atoms with van der Waals surface area (Å²) in [6.45, 7) is 8.25. The maximum absolute atomic E-state index is 12.4. The molecule has 0 radical (unpaired) electrons. The van der Waals surface area contributed by atoms with Crippen molar-refractivity contribution in [1.29, 1.82) is 0 Å². The molecule has 1 amide bonds. The Hall–Kier alpha value is -4.27. The van der Waals surface area contributed by atoms with Crippen molar-refractivity contribution in [3.05, 3.63) is 48.9 Å². The van der Waals surface area contributed by atoms with Crippen LogP contribution in [-0.4, -0.2) is 49.1 Å². The number of benzene rings is 1. The minimum Gasteiger partial charge on any atom is -0.370 e. The number of carbonyl (C=O) groups is 1. The fraction of sp³-hybridized carbons (Fsp3) is 0.345. The highest BCUT2D eigenvalue weighted by Gasteiger charge is 2.19. The monoisotopic (exact) mass is 508 g/mol. The van der Waals surface area contributed by atoms with Gasteiger partial charge in [0, 0.05) is 43.0 Å². The van der Waals surface area contributed by atoms with E-state index in [2.05, 4.69) is 53.6 Å². The third kappa shape index (κ3) is 4.83. The van der Waals surface area contributed by atoms with E-state index in [0.29, 0.717) is 17.8 Å². The Morgan fingerprint density at radius 3 is 2.68 bits per heavy atom. The topological polar surface area (TPSA) is 115 Å². The number of fused-ring (bicyclic) bond motifs is 2. The van der Waals surface area contributed by atoms with Crippen molar-refractivity contribution in [1.82, 2.24) is 30.1 Å². The lowest BCUT2D eigenvalue weighted by atomic mass is 9.92. The van der Waals surface area contributed by atoms with Crippen molar-refractivity contribution in [2.24, 2.45) is 5.41 Å². The Kier molecular flexibility index (Phi) is 6.06. The van der Waals surface area contributed by atoms with Gasteiger partial charge in [-0.1, -0.05) is 26.8 Å². The Morgan fingerprint density at radius 1 is 1.05 bits per heavy atom. The van der Waals surface area contributed by atoms with Crippen molar-refractivity contribution in [3.63, 3.8) is 0 Å². The molecule has 1 aliphatic rings. The minimum atomic E-state index is -0.0903. The summed E-state index contributed by atoms with van der Waals surface area (Å²) in [7, 11) is 0. The molecule has 0 bridgehead atoms. The molecule has 9 heteroatoms. The number of aromatic nitrogens is 6. The summed E-state index contributed by atoms with van der Waals surface area (Å²) in [6.07, 6.45) is 9.35. The average molecular weight is 509 g/mol. The van der Waals surface area contributed by atoms with Crippen LogP contribution in [-0.2, 0) is 4.79 Å². The lowest BCUT2D eigenvalue weighted by Crippen LogP contribution is -2.29. The second-order valence-electron chi connectivity index (χ2n) is 11.2. The zero-order valence-corrected chi connectivity index (χ0v) is 22.0. The van der Waals surface area contributed by atoms with Crippen molar-refractivity contribution < 1.29 is 4.79 Å². The van der Waals surface area contributed by atoms with Crippen LogP contribution in [0.5, 0.6) is 0 Å². The van der Waals surface area contributed by atoms with Crippen LogP contribution >= 0.6 is 0 Å². The van der Waals surface area contributed by atoms with Crippen LogP contribution < -0.4 is 10.2 Å². The number of imidazole rings is 1. The van der Waals surface area contributed by atoms with E-state index in [1.807, 2.05) is 32.9 Å². The maximum Gasteiger partial charge on any atom is 0.224 e. The minimum absolute atomic E-state index is 0.0315. The number of hydrogen-bond donors (Lipinski definition) is 3. The number of nitrogens with one attached hydrogen (secondary N) is 3. The van der Waals surface area contributed by atoms with E-state index >= 15 is 0 Å². The number of H-pyrrole nitrogens is 2. The molecule has 1 aromatic carbocycles. The van der Waals surface area contributed by atoms with E-state index in [-0.39, 0.29) is 11.3 Å². The molecule has 0 spiro atoms. The average Bonchev–Trinajstić information content (AvgIpc) is 3.51. The zero-order chi connectivity index (χ0) is 26.3. The summed E-state index contributed by atoms with van der Waals surface area (Å²) in [5, 5.41) is 11.4. The van der Waals surface area contributed by atoms with Gasteiger partial charge in [-0.25, -0.2) is 9.97 Å². The quantitative estimate of drug-likeness (QED) is 0.271. The molecular formula is C29H32N8O. The molecule has 4 aromatic heterocycles. The molecule has 194 valence electrons. The maximum atomic E-state index is 12.4. The van der Waals surface area contributed by atoms with E-state index in [0.717, 1.165) is 52.2 Å². The number of rotatable bonds is 5. The number of pyridine rings is 2. The van der Waals surface area contributed by atoms with E-state index in [1.54, 1.807) is 18.6 Å². The number of para-hydroxylation sites is 1. The van der Waals surface area contributed by atoms with Gasteiger partial charge in [-0.2, -0.15) is 5.10 Å². The molecule has 6 rings (SSSR count). The van der Waals surface area contributed by atoms with Gasteiger partial charge < -0.3 is 15.2 Å². The van der Waals surface area contributed by atoms with Crippen molar-refractivity contribution >= 4 is 39.3 Å².